The molecule has 1 aromatic rings. The third-order valence-corrected chi connectivity index (χ3v) is 6.62. The Balaban J connectivity index is 1.27. The van der Waals surface area contributed by atoms with E-state index >= 15 is 0 Å². The first-order valence-corrected chi connectivity index (χ1v) is 9.76. The summed E-state index contributed by atoms with van der Waals surface area (Å²) in [4.78, 5) is 14.3. The van der Waals surface area contributed by atoms with Crippen molar-refractivity contribution in [1.29, 1.82) is 0 Å². The van der Waals surface area contributed by atoms with E-state index in [4.69, 9.17) is 4.74 Å². The molecular weight excluding hydrogens is 371 g/mol. The van der Waals surface area contributed by atoms with Gasteiger partial charge in [0.05, 0.1) is 18.3 Å². The van der Waals surface area contributed by atoms with Gasteiger partial charge in [-0.1, -0.05) is 6.07 Å². The summed E-state index contributed by atoms with van der Waals surface area (Å²) in [5, 5.41) is 9.80. The van der Waals surface area contributed by atoms with E-state index < -0.39 is 17.3 Å². The molecule has 0 unspecified atom stereocenters. The van der Waals surface area contributed by atoms with E-state index in [-0.39, 0.29) is 23.0 Å². The number of halogens is 3. The lowest BCUT2D eigenvalue weighted by Gasteiger charge is -2.60. The molecule has 7 heteroatoms. The number of hydrogen-bond donors (Lipinski definition) is 1. The van der Waals surface area contributed by atoms with Crippen molar-refractivity contribution < 1.29 is 27.8 Å². The molecule has 1 spiro atoms. The van der Waals surface area contributed by atoms with Crippen molar-refractivity contribution >= 4 is 5.91 Å². The number of hydrogen-bond acceptors (Lipinski definition) is 3. The molecule has 1 aromatic carbocycles. The van der Waals surface area contributed by atoms with Gasteiger partial charge in [-0.25, -0.2) is 0 Å². The summed E-state index contributed by atoms with van der Waals surface area (Å²) in [6, 6.07) is 4.13. The Labute approximate surface area is 162 Å². The molecule has 1 N–H and O–H groups in total. The number of likely N-dealkylation sites (tertiary alicyclic amines) is 1. The second-order valence-electron chi connectivity index (χ2n) is 9.31. The first-order chi connectivity index (χ1) is 13.0. The van der Waals surface area contributed by atoms with Crippen LogP contribution in [0.1, 0.15) is 43.7 Å². The first-order valence-electron chi connectivity index (χ1n) is 9.76. The Kier molecular flexibility index (Phi) is 4.45. The first kappa shape index (κ1) is 19.6. The summed E-state index contributed by atoms with van der Waals surface area (Å²) in [5.74, 6) is 0.426. The number of carbonyl (C=O) groups is 1. The van der Waals surface area contributed by atoms with Crippen LogP contribution in [0, 0.1) is 17.3 Å². The Morgan fingerprint density at radius 1 is 1.25 bits per heavy atom. The second-order valence-corrected chi connectivity index (χ2v) is 9.31. The van der Waals surface area contributed by atoms with Gasteiger partial charge in [-0.2, -0.15) is 13.2 Å². The van der Waals surface area contributed by atoms with Gasteiger partial charge in [0.2, 0.25) is 5.91 Å². The zero-order valence-electron chi connectivity index (χ0n) is 16.2. The average Bonchev–Trinajstić information content (AvgIpc) is 2.51. The number of benzene rings is 1. The minimum absolute atomic E-state index is 0.0390. The van der Waals surface area contributed by atoms with Gasteiger partial charge in [-0.3, -0.25) is 4.79 Å². The average molecular weight is 397 g/mol. The highest BCUT2D eigenvalue weighted by atomic mass is 19.4. The number of ether oxygens (including phenoxy) is 1. The van der Waals surface area contributed by atoms with Gasteiger partial charge < -0.3 is 14.7 Å². The molecule has 28 heavy (non-hydrogen) atoms. The van der Waals surface area contributed by atoms with E-state index in [1.54, 1.807) is 6.92 Å². The lowest BCUT2D eigenvalue weighted by atomic mass is 9.56. The van der Waals surface area contributed by atoms with Gasteiger partial charge in [0, 0.05) is 24.4 Å². The molecule has 0 atom stereocenters. The highest BCUT2D eigenvalue weighted by Gasteiger charge is 2.55. The predicted molar refractivity (Wildman–Crippen MR) is 96.8 cm³/mol. The zero-order chi connectivity index (χ0) is 20.3. The quantitative estimate of drug-likeness (QED) is 0.844. The van der Waals surface area contributed by atoms with Gasteiger partial charge in [0.25, 0.3) is 0 Å². The highest BCUT2D eigenvalue weighted by molar-refractivity contribution is 5.81. The molecular formula is C21H26F3NO3. The highest BCUT2D eigenvalue weighted by Crippen LogP contribution is 2.54. The molecule has 2 saturated carbocycles. The molecule has 4 rings (SSSR count). The SMILES string of the molecule is COc1cc(CC2CC3(C2)CN(C(=O)[C@H]2C[C@@](C)(O)C2)C3)ccc1C(F)(F)F. The molecule has 1 heterocycles. The fourth-order valence-corrected chi connectivity index (χ4v) is 5.35. The van der Waals surface area contributed by atoms with Crippen LogP contribution in [0.25, 0.3) is 0 Å². The fourth-order valence-electron chi connectivity index (χ4n) is 5.35. The van der Waals surface area contributed by atoms with Crippen molar-refractivity contribution in [2.75, 3.05) is 20.2 Å². The monoisotopic (exact) mass is 397 g/mol. The Hall–Kier alpha value is -1.76. The van der Waals surface area contributed by atoms with Crippen molar-refractivity contribution in [3.8, 4) is 5.75 Å². The van der Waals surface area contributed by atoms with Gasteiger partial charge >= 0.3 is 6.18 Å². The lowest BCUT2D eigenvalue weighted by Crippen LogP contribution is -2.66. The molecule has 0 aromatic heterocycles. The largest absolute Gasteiger partial charge is 0.496 e. The lowest BCUT2D eigenvalue weighted by molar-refractivity contribution is -0.171. The molecule has 3 fully saturated rings. The summed E-state index contributed by atoms with van der Waals surface area (Å²) >= 11 is 0. The maximum atomic E-state index is 13.0. The van der Waals surface area contributed by atoms with Crippen LogP contribution in [0.15, 0.2) is 18.2 Å². The van der Waals surface area contributed by atoms with Crippen molar-refractivity contribution in [3.05, 3.63) is 29.3 Å². The minimum atomic E-state index is -4.42. The van der Waals surface area contributed by atoms with Crippen LogP contribution in [0.5, 0.6) is 5.75 Å². The summed E-state index contributed by atoms with van der Waals surface area (Å²) in [7, 11) is 1.26. The third kappa shape index (κ3) is 3.49. The molecule has 0 radical (unpaired) electrons. The number of alkyl halides is 3. The number of carbonyl (C=O) groups excluding carboxylic acids is 1. The number of methoxy groups -OCH3 is 1. The molecule has 0 bridgehead atoms. The fraction of sp³-hybridized carbons (Fsp3) is 0.667. The Morgan fingerprint density at radius 2 is 1.89 bits per heavy atom. The van der Waals surface area contributed by atoms with Crippen LogP contribution in [-0.2, 0) is 17.4 Å². The number of nitrogens with zero attached hydrogens (tertiary/aromatic N) is 1. The standard InChI is InChI=1S/C21H26F3NO3/c1-19(27)9-15(10-19)18(26)25-11-20(12-25)7-14(8-20)5-13-3-4-16(21(22,23)24)17(6-13)28-2/h3-4,6,14-15,27H,5,7-12H2,1-2H3/t15-,19+. The van der Waals surface area contributed by atoms with Gasteiger partial charge in [0.15, 0.2) is 0 Å². The van der Waals surface area contributed by atoms with Crippen molar-refractivity contribution in [1.82, 2.24) is 4.90 Å². The number of amides is 1. The van der Waals surface area contributed by atoms with Gasteiger partial charge in [-0.15, -0.1) is 0 Å². The van der Waals surface area contributed by atoms with Crippen molar-refractivity contribution in [3.63, 3.8) is 0 Å². The molecule has 2 aliphatic carbocycles. The summed E-state index contributed by atoms with van der Waals surface area (Å²) in [5.41, 5.74) is -0.379. The molecule has 4 nitrogen and oxygen atoms in total. The molecule has 1 saturated heterocycles. The maximum absolute atomic E-state index is 13.0. The smallest absolute Gasteiger partial charge is 0.419 e. The molecule has 1 aliphatic heterocycles. The van der Waals surface area contributed by atoms with Crippen molar-refractivity contribution in [2.45, 2.75) is 50.8 Å². The Bertz CT molecular complexity index is 768. The normalized spacial score (nSPS) is 29.1. The second kappa shape index (κ2) is 6.37. The van der Waals surface area contributed by atoms with Gasteiger partial charge in [0.1, 0.15) is 5.75 Å². The number of rotatable bonds is 4. The van der Waals surface area contributed by atoms with Crippen LogP contribution in [0.3, 0.4) is 0 Å². The van der Waals surface area contributed by atoms with Crippen molar-refractivity contribution in [2.24, 2.45) is 17.3 Å². The van der Waals surface area contributed by atoms with Gasteiger partial charge in [-0.05, 0) is 62.6 Å². The minimum Gasteiger partial charge on any atom is -0.496 e. The van der Waals surface area contributed by atoms with Crippen LogP contribution in [0.2, 0.25) is 0 Å². The number of aliphatic hydroxyl groups is 1. The van der Waals surface area contributed by atoms with Crippen LogP contribution in [0.4, 0.5) is 13.2 Å². The summed E-state index contributed by atoms with van der Waals surface area (Å²) in [6.45, 7) is 3.32. The summed E-state index contributed by atoms with van der Waals surface area (Å²) in [6.07, 6.45) is -0.581. The topological polar surface area (TPSA) is 49.8 Å². The van der Waals surface area contributed by atoms with E-state index in [1.165, 1.54) is 19.2 Å². The summed E-state index contributed by atoms with van der Waals surface area (Å²) < 4.78 is 43.8. The predicted octanol–water partition coefficient (Wildman–Crippen LogP) is 3.66. The van der Waals surface area contributed by atoms with Crippen LogP contribution < -0.4 is 4.74 Å². The van der Waals surface area contributed by atoms with E-state index in [2.05, 4.69) is 0 Å². The van der Waals surface area contributed by atoms with E-state index in [0.29, 0.717) is 18.8 Å². The zero-order valence-corrected chi connectivity index (χ0v) is 16.2. The molecule has 1 amide bonds. The van der Waals surface area contributed by atoms with Crippen LogP contribution >= 0.6 is 0 Å². The van der Waals surface area contributed by atoms with E-state index in [0.717, 1.165) is 44.0 Å². The molecule has 154 valence electrons. The van der Waals surface area contributed by atoms with E-state index in [1.807, 2.05) is 4.90 Å². The Morgan fingerprint density at radius 3 is 2.43 bits per heavy atom. The molecule has 3 aliphatic rings. The third-order valence-electron chi connectivity index (χ3n) is 6.62. The maximum Gasteiger partial charge on any atom is 0.419 e. The van der Waals surface area contributed by atoms with E-state index in [9.17, 15) is 23.1 Å². The van der Waals surface area contributed by atoms with Crippen LogP contribution in [-0.4, -0.2) is 41.7 Å².